The molecule has 2 aromatic rings. The van der Waals surface area contributed by atoms with Crippen molar-refractivity contribution < 1.29 is 14.5 Å². The first-order valence-electron chi connectivity index (χ1n) is 8.63. The molecule has 0 aliphatic heterocycles. The van der Waals surface area contributed by atoms with E-state index in [2.05, 4.69) is 15.8 Å². The molecule has 0 saturated heterocycles. The maximum Gasteiger partial charge on any atom is 0.288 e. The molecule has 0 spiro atoms. The van der Waals surface area contributed by atoms with E-state index in [0.29, 0.717) is 10.6 Å². The molecule has 0 fully saturated rings. The highest BCUT2D eigenvalue weighted by molar-refractivity contribution is 6.36. The van der Waals surface area contributed by atoms with Gasteiger partial charge in [0.25, 0.3) is 17.5 Å². The number of nitro benzene ring substituents is 1. The molecule has 0 radical (unpaired) electrons. The van der Waals surface area contributed by atoms with E-state index in [0.717, 1.165) is 0 Å². The fraction of sp³-hybridized carbons (Fsp3) is 0.211. The molecular formula is C19H17Cl3N4O4. The number of nitro groups is 1. The number of hydrogen-bond acceptors (Lipinski definition) is 5. The highest BCUT2D eigenvalue weighted by atomic mass is 35.5. The van der Waals surface area contributed by atoms with Gasteiger partial charge in [0.15, 0.2) is 0 Å². The SMILES string of the molecule is CC(C)C(NC(=O)c1ccc(Cl)cc1Cl)C(=O)N/N=C\c1ccc(Cl)c([N+](=O)[O-])c1. The number of benzene rings is 2. The van der Waals surface area contributed by atoms with Crippen LogP contribution in [0.25, 0.3) is 0 Å². The first-order chi connectivity index (χ1) is 14.1. The van der Waals surface area contributed by atoms with Gasteiger partial charge in [0, 0.05) is 16.7 Å². The highest BCUT2D eigenvalue weighted by Gasteiger charge is 2.25. The lowest BCUT2D eigenvalue weighted by Crippen LogP contribution is -2.48. The van der Waals surface area contributed by atoms with E-state index in [9.17, 15) is 19.7 Å². The number of hydrazone groups is 1. The van der Waals surface area contributed by atoms with Crippen LogP contribution in [-0.2, 0) is 4.79 Å². The number of rotatable bonds is 7. The summed E-state index contributed by atoms with van der Waals surface area (Å²) in [6.07, 6.45) is 1.23. The Morgan fingerprint density at radius 1 is 1.10 bits per heavy atom. The molecule has 8 nitrogen and oxygen atoms in total. The Bertz CT molecular complexity index is 1010. The third-order valence-electron chi connectivity index (χ3n) is 3.97. The zero-order valence-electron chi connectivity index (χ0n) is 15.9. The lowest BCUT2D eigenvalue weighted by molar-refractivity contribution is -0.384. The molecule has 0 aliphatic carbocycles. The molecule has 2 aromatic carbocycles. The Morgan fingerprint density at radius 3 is 2.40 bits per heavy atom. The van der Waals surface area contributed by atoms with Gasteiger partial charge in [-0.25, -0.2) is 5.43 Å². The molecule has 2 rings (SSSR count). The Balaban J connectivity index is 2.09. The minimum absolute atomic E-state index is 0.00960. The van der Waals surface area contributed by atoms with E-state index in [1.807, 2.05) is 0 Å². The summed E-state index contributed by atoms with van der Waals surface area (Å²) in [5.74, 6) is -1.36. The van der Waals surface area contributed by atoms with Crippen molar-refractivity contribution in [2.45, 2.75) is 19.9 Å². The van der Waals surface area contributed by atoms with Crippen LogP contribution in [0.15, 0.2) is 41.5 Å². The van der Waals surface area contributed by atoms with Crippen molar-refractivity contribution in [2.75, 3.05) is 0 Å². The van der Waals surface area contributed by atoms with E-state index in [4.69, 9.17) is 34.8 Å². The molecule has 0 heterocycles. The Labute approximate surface area is 187 Å². The van der Waals surface area contributed by atoms with Crippen LogP contribution in [0.1, 0.15) is 29.8 Å². The van der Waals surface area contributed by atoms with Gasteiger partial charge in [-0.2, -0.15) is 5.10 Å². The van der Waals surface area contributed by atoms with Crippen LogP contribution in [0, 0.1) is 16.0 Å². The predicted molar refractivity (Wildman–Crippen MR) is 116 cm³/mol. The zero-order valence-corrected chi connectivity index (χ0v) is 18.1. The zero-order chi connectivity index (χ0) is 22.4. The number of nitrogens with zero attached hydrogens (tertiary/aromatic N) is 2. The molecule has 1 atom stereocenters. The Morgan fingerprint density at radius 2 is 1.80 bits per heavy atom. The normalized spacial score (nSPS) is 12.1. The van der Waals surface area contributed by atoms with E-state index in [1.165, 1.54) is 42.6 Å². The number of hydrogen-bond donors (Lipinski definition) is 2. The molecule has 0 bridgehead atoms. The minimum atomic E-state index is -0.902. The summed E-state index contributed by atoms with van der Waals surface area (Å²) in [6.45, 7) is 3.50. The average molecular weight is 472 g/mol. The van der Waals surface area contributed by atoms with Gasteiger partial charge in [-0.15, -0.1) is 0 Å². The summed E-state index contributed by atoms with van der Waals surface area (Å²) in [4.78, 5) is 35.3. The summed E-state index contributed by atoms with van der Waals surface area (Å²) in [7, 11) is 0. The highest BCUT2D eigenvalue weighted by Crippen LogP contribution is 2.24. The second kappa shape index (κ2) is 10.4. The lowest BCUT2D eigenvalue weighted by Gasteiger charge is -2.20. The van der Waals surface area contributed by atoms with Gasteiger partial charge in [-0.05, 0) is 30.2 Å². The van der Waals surface area contributed by atoms with Crippen LogP contribution in [0.2, 0.25) is 15.1 Å². The van der Waals surface area contributed by atoms with Crippen molar-refractivity contribution in [2.24, 2.45) is 11.0 Å². The Kier molecular flexibility index (Phi) is 8.16. The van der Waals surface area contributed by atoms with Crippen molar-refractivity contribution >= 4 is 58.5 Å². The molecule has 1 unspecified atom stereocenters. The molecule has 158 valence electrons. The van der Waals surface area contributed by atoms with Crippen LogP contribution in [0.5, 0.6) is 0 Å². The van der Waals surface area contributed by atoms with Gasteiger partial charge in [0.1, 0.15) is 11.1 Å². The topological polar surface area (TPSA) is 114 Å². The molecule has 0 aliphatic rings. The predicted octanol–water partition coefficient (Wildman–Crippen LogP) is 4.46. The third-order valence-corrected chi connectivity index (χ3v) is 4.83. The maximum atomic E-state index is 12.5. The fourth-order valence-electron chi connectivity index (χ4n) is 2.42. The van der Waals surface area contributed by atoms with Gasteiger partial charge in [0.2, 0.25) is 0 Å². The molecule has 0 aromatic heterocycles. The van der Waals surface area contributed by atoms with Gasteiger partial charge < -0.3 is 5.32 Å². The molecule has 2 amide bonds. The number of amides is 2. The molecule has 0 saturated carbocycles. The first-order valence-corrected chi connectivity index (χ1v) is 9.76. The lowest BCUT2D eigenvalue weighted by atomic mass is 10.0. The summed E-state index contributed by atoms with van der Waals surface area (Å²) in [6, 6.07) is 7.59. The van der Waals surface area contributed by atoms with E-state index in [1.54, 1.807) is 13.8 Å². The maximum absolute atomic E-state index is 12.5. The Hall–Kier alpha value is -2.68. The van der Waals surface area contributed by atoms with Crippen molar-refractivity contribution in [1.82, 2.24) is 10.7 Å². The summed E-state index contributed by atoms with van der Waals surface area (Å²) < 4.78 is 0. The monoisotopic (exact) mass is 470 g/mol. The number of nitrogens with one attached hydrogen (secondary N) is 2. The van der Waals surface area contributed by atoms with Gasteiger partial charge >= 0.3 is 0 Å². The van der Waals surface area contributed by atoms with E-state index in [-0.39, 0.29) is 27.2 Å². The van der Waals surface area contributed by atoms with Crippen molar-refractivity contribution in [3.63, 3.8) is 0 Å². The van der Waals surface area contributed by atoms with Gasteiger partial charge in [0.05, 0.1) is 21.7 Å². The van der Waals surface area contributed by atoms with Gasteiger partial charge in [-0.3, -0.25) is 19.7 Å². The number of halogens is 3. The van der Waals surface area contributed by atoms with E-state index < -0.39 is 22.8 Å². The summed E-state index contributed by atoms with van der Waals surface area (Å²) in [5, 5.41) is 17.9. The quantitative estimate of drug-likeness (QED) is 0.352. The van der Waals surface area contributed by atoms with Gasteiger partial charge in [-0.1, -0.05) is 54.7 Å². The van der Waals surface area contributed by atoms with Crippen LogP contribution in [0.4, 0.5) is 5.69 Å². The number of carbonyl (C=O) groups excluding carboxylic acids is 2. The largest absolute Gasteiger partial charge is 0.340 e. The van der Waals surface area contributed by atoms with Crippen LogP contribution >= 0.6 is 34.8 Å². The standard InChI is InChI=1S/C19H17Cl3N4O4/c1-10(2)17(24-18(27)13-5-4-12(20)8-15(13)22)19(28)25-23-9-11-3-6-14(21)16(7-11)26(29)30/h3-10,17H,1-2H3,(H,24,27)(H,25,28)/b23-9-. The first kappa shape index (κ1) is 23.6. The van der Waals surface area contributed by atoms with Crippen molar-refractivity contribution in [3.05, 3.63) is 72.7 Å². The molecule has 2 N–H and O–H groups in total. The molecular weight excluding hydrogens is 455 g/mol. The summed E-state index contributed by atoms with van der Waals surface area (Å²) in [5.41, 5.74) is 2.58. The second-order valence-corrected chi connectivity index (χ2v) is 7.77. The second-order valence-electron chi connectivity index (χ2n) is 6.52. The van der Waals surface area contributed by atoms with E-state index >= 15 is 0 Å². The summed E-state index contributed by atoms with van der Waals surface area (Å²) >= 11 is 17.6. The number of carbonyl (C=O) groups is 2. The van der Waals surface area contributed by atoms with Crippen molar-refractivity contribution in [3.8, 4) is 0 Å². The van der Waals surface area contributed by atoms with Crippen molar-refractivity contribution in [1.29, 1.82) is 0 Å². The fourth-order valence-corrected chi connectivity index (χ4v) is 3.10. The minimum Gasteiger partial charge on any atom is -0.340 e. The smallest absolute Gasteiger partial charge is 0.288 e. The van der Waals surface area contributed by atoms with Crippen LogP contribution in [0.3, 0.4) is 0 Å². The van der Waals surface area contributed by atoms with Crippen LogP contribution < -0.4 is 10.7 Å². The molecule has 11 heteroatoms. The van der Waals surface area contributed by atoms with Crippen LogP contribution in [-0.4, -0.2) is 29.0 Å². The molecule has 30 heavy (non-hydrogen) atoms. The average Bonchev–Trinajstić information content (AvgIpc) is 2.66. The third kappa shape index (κ3) is 6.16.